The number of aromatic carboxylic acids is 1. The molecule has 0 saturated carbocycles. The number of hydrogen-bond acceptors (Lipinski definition) is 25. The van der Waals surface area contributed by atoms with Crippen LogP contribution in [0.2, 0.25) is 15.1 Å². The molecule has 0 aliphatic carbocycles. The number of ether oxygens (including phenoxy) is 6. The minimum Gasteiger partial charge on any atom is -0.491 e. The van der Waals surface area contributed by atoms with Gasteiger partial charge in [0, 0.05) is 57.9 Å². The molecule has 0 spiro atoms. The summed E-state index contributed by atoms with van der Waals surface area (Å²) in [6.07, 6.45) is -2.88. The number of aromatic nitrogens is 7. The van der Waals surface area contributed by atoms with Crippen LogP contribution >= 0.6 is 128 Å². The fourth-order valence-electron chi connectivity index (χ4n) is 10.5. The lowest BCUT2D eigenvalue weighted by Gasteiger charge is -2.14. The number of carboxylic acids is 1. The summed E-state index contributed by atoms with van der Waals surface area (Å²) >= 11 is 30.3. The van der Waals surface area contributed by atoms with Gasteiger partial charge in [0.2, 0.25) is 0 Å². The molecule has 0 atom stereocenters. The van der Waals surface area contributed by atoms with E-state index in [4.69, 9.17) is 79.0 Å². The van der Waals surface area contributed by atoms with Crippen molar-refractivity contribution in [3.63, 3.8) is 0 Å². The summed E-state index contributed by atoms with van der Waals surface area (Å²) in [5.74, 6) is -17.7. The number of nitrogen functional groups attached to an aromatic ring is 6. The van der Waals surface area contributed by atoms with Crippen molar-refractivity contribution < 1.29 is 124 Å². The number of benzene rings is 6. The number of nitrogens with two attached hydrogens (primary N) is 6. The van der Waals surface area contributed by atoms with Crippen molar-refractivity contribution in [1.29, 1.82) is 0 Å². The topological polar surface area (TPSA) is 424 Å². The van der Waals surface area contributed by atoms with Crippen LogP contribution in [-0.4, -0.2) is 118 Å². The molecular weight excluding hydrogens is 2240 g/mol. The Labute approximate surface area is 791 Å². The van der Waals surface area contributed by atoms with E-state index in [0.29, 0.717) is 21.7 Å². The maximum atomic E-state index is 14.4. The van der Waals surface area contributed by atoms with Gasteiger partial charge < -0.3 is 67.9 Å². The molecule has 12 rings (SSSR count). The van der Waals surface area contributed by atoms with Gasteiger partial charge in [-0.05, 0) is 130 Å². The molecule has 6 aromatic heterocycles. The average Bonchev–Trinajstić information content (AvgIpc) is 0.774. The maximum Gasteiger partial charge on any atom is 0.419 e. The zero-order valence-corrected chi connectivity index (χ0v) is 77.6. The molecule has 0 aliphatic heterocycles. The second-order valence-electron chi connectivity index (χ2n) is 24.8. The number of pyridine rings is 5. The van der Waals surface area contributed by atoms with Crippen molar-refractivity contribution in [3.05, 3.63) is 273 Å². The van der Waals surface area contributed by atoms with Gasteiger partial charge in [0.05, 0.1) is 105 Å². The second-order valence-corrected chi connectivity index (χ2v) is 31.0. The molecule has 48 heteroatoms. The number of carboxylic acid groups (broad SMARTS) is 1. The van der Waals surface area contributed by atoms with Crippen molar-refractivity contribution in [3.8, 4) is 73.4 Å². The van der Waals surface area contributed by atoms with Crippen molar-refractivity contribution >= 4 is 210 Å². The van der Waals surface area contributed by atoms with Gasteiger partial charge in [-0.3, -0.25) is 0 Å². The number of nitrogens with zero attached hydrogens (tertiary/aromatic N) is 7. The first kappa shape index (κ1) is 105. The summed E-state index contributed by atoms with van der Waals surface area (Å²) in [5, 5.41) is 8.17. The smallest absolute Gasteiger partial charge is 0.419 e. The highest BCUT2D eigenvalue weighted by Crippen LogP contribution is 2.42. The largest absolute Gasteiger partial charge is 0.491 e. The Bertz CT molecular complexity index is 6520. The summed E-state index contributed by atoms with van der Waals surface area (Å²) in [4.78, 5) is 96.3. The summed E-state index contributed by atoms with van der Waals surface area (Å²) in [7, 11) is 6.84. The quantitative estimate of drug-likeness (QED) is 0.0165. The Balaban J connectivity index is 0.000000214. The zero-order chi connectivity index (χ0) is 97.4. The number of halogens is 22. The molecular formula is C82H55Br3Cl3F14I2N13O13. The fourth-order valence-corrected chi connectivity index (χ4v) is 12.8. The maximum absolute atomic E-state index is 14.4. The highest BCUT2D eigenvalue weighted by atomic mass is 127. The van der Waals surface area contributed by atoms with Gasteiger partial charge >= 0.3 is 42.0 Å². The monoisotopic (exact) mass is 2290 g/mol. The summed E-state index contributed by atoms with van der Waals surface area (Å²) in [5.41, 5.74) is 25.1. The number of hydrogen-bond donors (Lipinski definition) is 7. The Kier molecular flexibility index (Phi) is 36.6. The number of rotatable bonds is 15. The Morgan fingerprint density at radius 1 is 0.400 bits per heavy atom. The van der Waals surface area contributed by atoms with E-state index in [9.17, 15) is 90.2 Å². The van der Waals surface area contributed by atoms with Crippen LogP contribution in [0.25, 0.3) is 79.8 Å². The first-order valence-corrected chi connectivity index (χ1v) is 40.4. The SMILES string of the molecule is C=Cc1c(C(=O)OC)nc(-c2ccc(Br)cc2)c(F)c1N.C=Cc1c(C(=O)OC)nc(-c2ccc(C(F)(F)F)c(F)c2F)c(F)c1N.COC(=O)c1nc(-c2cc(F)c(I)cc2F)c(F)c(N)c1Cl.COC(=O)c1nc(-c2cc(F)c(I)cc2F)cc(N)c1Cl.COC(=O)c1nc(-c2ccc(Br)cc2F)c(F)c(N)c1Cl.COc1c(N)nc(-c2ccc(Br)cc2)nc1C(=O)O. The molecule has 0 amide bonds. The minimum atomic E-state index is -5.15. The van der Waals surface area contributed by atoms with E-state index in [1.54, 1.807) is 93.7 Å². The minimum absolute atomic E-state index is 0.00665. The van der Waals surface area contributed by atoms with E-state index >= 15 is 0 Å². The van der Waals surface area contributed by atoms with Gasteiger partial charge in [-0.1, -0.05) is 132 Å². The van der Waals surface area contributed by atoms with Gasteiger partial charge in [0.25, 0.3) is 0 Å². The molecule has 6 aromatic carbocycles. The van der Waals surface area contributed by atoms with E-state index < -0.39 is 173 Å². The van der Waals surface area contributed by atoms with E-state index in [1.165, 1.54) is 38.5 Å². The number of esters is 5. The molecule has 0 fully saturated rings. The zero-order valence-electron chi connectivity index (χ0n) is 66.2. The molecule has 13 N–H and O–H groups in total. The molecule has 26 nitrogen and oxygen atoms in total. The number of carbonyl (C=O) groups is 6. The number of anilines is 6. The van der Waals surface area contributed by atoms with E-state index in [0.717, 1.165) is 73.8 Å². The lowest BCUT2D eigenvalue weighted by Crippen LogP contribution is -2.14. The molecule has 0 bridgehead atoms. The summed E-state index contributed by atoms with van der Waals surface area (Å²) in [6, 6.07) is 23.5. The van der Waals surface area contributed by atoms with Crippen LogP contribution in [0.5, 0.6) is 5.75 Å². The lowest BCUT2D eigenvalue weighted by molar-refractivity contribution is -0.140. The van der Waals surface area contributed by atoms with Gasteiger partial charge in [0.15, 0.2) is 86.5 Å². The van der Waals surface area contributed by atoms with E-state index in [-0.39, 0.29) is 108 Å². The Hall–Kier alpha value is -12.2. The van der Waals surface area contributed by atoms with Crippen LogP contribution in [0, 0.1) is 71.1 Å². The van der Waals surface area contributed by atoms with Gasteiger partial charge in [-0.2, -0.15) is 13.2 Å². The van der Waals surface area contributed by atoms with E-state index in [1.807, 2.05) is 0 Å². The van der Waals surface area contributed by atoms with Crippen molar-refractivity contribution in [2.75, 3.05) is 77.1 Å². The lowest BCUT2D eigenvalue weighted by atomic mass is 10.0. The third-order valence-electron chi connectivity index (χ3n) is 16.8. The first-order chi connectivity index (χ1) is 61.0. The first-order valence-electron chi connectivity index (χ1n) is 34.7. The van der Waals surface area contributed by atoms with Crippen LogP contribution in [0.15, 0.2) is 136 Å². The normalized spacial score (nSPS) is 10.6. The Morgan fingerprint density at radius 2 is 0.769 bits per heavy atom. The average molecular weight is 2300 g/mol. The highest BCUT2D eigenvalue weighted by molar-refractivity contribution is 14.1. The standard InChI is InChI=1S/C16H10F6N2O2.C15H12BrFN2O2.C13H8BrClF2N2O2.C13H7ClF3IN2O2.C13H8ClF2IN2O2.C12H10BrN3O3/c1-3-6-12(23)11(19)13(24-14(6)15(25)26-2)7-4-5-8(16(20,21)22)10(18)9(7)17;1-3-10-12(18)11(17)13(19-14(10)15(20)21-2)8-4-6-9(16)7-5-8;1-21-13(20)12-8(15)10(18)9(17)11(19-12)6-3-2-5(14)4-7(6)16;1-22-13(21)12-8(14)10(19)9(17)11(20-12)4-2-6(16)7(18)3-5(4)15;1-21-13(20)12-11(14)9(18)4-10(19-12)5-2-7(16)8(17)3-6(5)15;1-19-9-8(12(17)18)15-11(16-10(9)14)6-2-4-7(13)5-3-6/h3-5H,1H2,2H3,(H2,23,24);3-7H,1H2,2H3,(H2,18,19);2-4H,1H3,(H2,18,19);2-3H,1H3,(H2,19,20);2-4H,1H3,(H2,18,19);2-5H,1H3,(H,17,18)(H2,14,15,16). The molecule has 0 radical (unpaired) electrons. The van der Waals surface area contributed by atoms with Gasteiger partial charge in [-0.15, -0.1) is 0 Å². The van der Waals surface area contributed by atoms with Gasteiger partial charge in [-0.25, -0.2) is 112 Å². The predicted molar refractivity (Wildman–Crippen MR) is 481 cm³/mol. The van der Waals surface area contributed by atoms with E-state index in [2.05, 4.69) is 120 Å². The number of carbonyl (C=O) groups excluding carboxylic acids is 5. The summed E-state index contributed by atoms with van der Waals surface area (Å²) < 4.78 is 222. The molecule has 0 saturated heterocycles. The van der Waals surface area contributed by atoms with Crippen molar-refractivity contribution in [2.24, 2.45) is 0 Å². The summed E-state index contributed by atoms with van der Waals surface area (Å²) in [6.45, 7) is 6.85. The molecule has 680 valence electrons. The third kappa shape index (κ3) is 24.1. The number of methoxy groups -OCH3 is 6. The second kappa shape index (κ2) is 45.4. The highest BCUT2D eigenvalue weighted by Gasteiger charge is 2.38. The molecule has 0 unspecified atom stereocenters. The van der Waals surface area contributed by atoms with Crippen molar-refractivity contribution in [2.45, 2.75) is 6.18 Å². The van der Waals surface area contributed by atoms with Crippen LogP contribution in [0.3, 0.4) is 0 Å². The predicted octanol–water partition coefficient (Wildman–Crippen LogP) is 21.3. The van der Waals surface area contributed by atoms with Crippen LogP contribution < -0.4 is 39.1 Å². The third-order valence-corrected chi connectivity index (χ3v) is 21.2. The number of alkyl halides is 3. The van der Waals surface area contributed by atoms with Crippen LogP contribution in [0.1, 0.15) is 79.6 Å². The van der Waals surface area contributed by atoms with Crippen LogP contribution in [0.4, 0.5) is 95.7 Å². The Morgan fingerprint density at radius 3 is 1.20 bits per heavy atom. The molecule has 12 aromatic rings. The fraction of sp³-hybridized carbons (Fsp3) is 0.0854. The van der Waals surface area contributed by atoms with Crippen LogP contribution in [-0.2, 0) is 29.9 Å². The van der Waals surface area contributed by atoms with Crippen molar-refractivity contribution in [1.82, 2.24) is 34.9 Å². The van der Waals surface area contributed by atoms with Gasteiger partial charge in [0.1, 0.15) is 51.9 Å². The molecule has 130 heavy (non-hydrogen) atoms. The molecule has 0 aliphatic rings. The molecule has 6 heterocycles.